The van der Waals surface area contributed by atoms with Crippen LogP contribution in [0.15, 0.2) is 23.3 Å². The summed E-state index contributed by atoms with van der Waals surface area (Å²) in [5.41, 5.74) is 7.09. The Kier molecular flexibility index (Phi) is 4.57. The van der Waals surface area contributed by atoms with E-state index in [0.717, 1.165) is 37.7 Å². The molecule has 6 heteroatoms. The molecule has 1 aliphatic heterocycles. The minimum Gasteiger partial charge on any atom is -0.378 e. The Morgan fingerprint density at radius 1 is 1.47 bits per heavy atom. The Bertz CT molecular complexity index is 440. The molecule has 0 radical (unpaired) electrons. The molecule has 0 amide bonds. The van der Waals surface area contributed by atoms with Crippen LogP contribution in [-0.2, 0) is 11.3 Å². The van der Waals surface area contributed by atoms with E-state index in [0.29, 0.717) is 12.5 Å². The second kappa shape index (κ2) is 6.38. The molecule has 2 heterocycles. The molecule has 6 nitrogen and oxygen atoms in total. The number of guanidine groups is 1. The van der Waals surface area contributed by atoms with Gasteiger partial charge in [0.1, 0.15) is 5.82 Å². The molecule has 1 fully saturated rings. The minimum absolute atomic E-state index is 0.576. The van der Waals surface area contributed by atoms with E-state index in [1.165, 1.54) is 0 Å². The summed E-state index contributed by atoms with van der Waals surface area (Å²) >= 11 is 0. The summed E-state index contributed by atoms with van der Waals surface area (Å²) in [6.45, 7) is 3.64. The number of rotatable bonds is 3. The molecular formula is C13H21N5O. The van der Waals surface area contributed by atoms with E-state index in [-0.39, 0.29) is 0 Å². The Hall–Kier alpha value is -1.82. The molecule has 0 unspecified atom stereocenters. The van der Waals surface area contributed by atoms with Crippen LogP contribution in [0.25, 0.3) is 0 Å². The van der Waals surface area contributed by atoms with Gasteiger partial charge >= 0.3 is 0 Å². The van der Waals surface area contributed by atoms with Gasteiger partial charge < -0.3 is 20.3 Å². The van der Waals surface area contributed by atoms with E-state index in [4.69, 9.17) is 10.5 Å². The van der Waals surface area contributed by atoms with Gasteiger partial charge in [0.15, 0.2) is 5.96 Å². The first-order valence-corrected chi connectivity index (χ1v) is 6.41. The van der Waals surface area contributed by atoms with Crippen LogP contribution in [0.3, 0.4) is 0 Å². The summed E-state index contributed by atoms with van der Waals surface area (Å²) in [5.74, 6) is 1.52. The number of hydrogen-bond donors (Lipinski definition) is 1. The number of ether oxygens (including phenoxy) is 1. The van der Waals surface area contributed by atoms with Crippen molar-refractivity contribution in [2.24, 2.45) is 10.7 Å². The molecule has 2 N–H and O–H groups in total. The van der Waals surface area contributed by atoms with Crippen molar-refractivity contribution in [3.63, 3.8) is 0 Å². The summed E-state index contributed by atoms with van der Waals surface area (Å²) in [5, 5.41) is 0. The lowest BCUT2D eigenvalue weighted by molar-refractivity contribution is 0.0674. The molecular weight excluding hydrogens is 242 g/mol. The Morgan fingerprint density at radius 3 is 2.89 bits per heavy atom. The molecule has 0 spiro atoms. The summed E-state index contributed by atoms with van der Waals surface area (Å²) in [4.78, 5) is 12.7. The maximum absolute atomic E-state index is 5.99. The van der Waals surface area contributed by atoms with E-state index in [1.54, 1.807) is 6.20 Å². The zero-order valence-corrected chi connectivity index (χ0v) is 11.5. The zero-order valence-electron chi connectivity index (χ0n) is 11.5. The van der Waals surface area contributed by atoms with Crippen LogP contribution in [0.5, 0.6) is 0 Å². The fourth-order valence-electron chi connectivity index (χ4n) is 1.87. The normalized spacial score (nSPS) is 16.5. The van der Waals surface area contributed by atoms with E-state index in [1.807, 2.05) is 31.1 Å². The highest BCUT2D eigenvalue weighted by Gasteiger charge is 2.11. The number of morpholine rings is 1. The monoisotopic (exact) mass is 263 g/mol. The first-order chi connectivity index (χ1) is 9.16. The summed E-state index contributed by atoms with van der Waals surface area (Å²) in [6.07, 6.45) is 1.80. The van der Waals surface area contributed by atoms with Gasteiger partial charge in [-0.15, -0.1) is 0 Å². The number of pyridine rings is 1. The van der Waals surface area contributed by atoms with Crippen molar-refractivity contribution in [3.8, 4) is 0 Å². The van der Waals surface area contributed by atoms with E-state index in [9.17, 15) is 0 Å². The van der Waals surface area contributed by atoms with Crippen LogP contribution in [-0.4, -0.2) is 56.2 Å². The smallest absolute Gasteiger partial charge is 0.191 e. The molecule has 0 aliphatic carbocycles. The van der Waals surface area contributed by atoms with Crippen molar-refractivity contribution in [1.82, 2.24) is 9.88 Å². The third kappa shape index (κ3) is 3.82. The summed E-state index contributed by atoms with van der Waals surface area (Å²) in [6, 6.07) is 3.99. The average Bonchev–Trinajstić information content (AvgIpc) is 2.46. The number of aromatic nitrogens is 1. The third-order valence-electron chi connectivity index (χ3n) is 3.03. The van der Waals surface area contributed by atoms with Gasteiger partial charge in [0.25, 0.3) is 0 Å². The average molecular weight is 263 g/mol. The van der Waals surface area contributed by atoms with Crippen molar-refractivity contribution < 1.29 is 4.74 Å². The van der Waals surface area contributed by atoms with Crippen molar-refractivity contribution in [2.75, 3.05) is 45.3 Å². The number of nitrogens with two attached hydrogens (primary N) is 1. The van der Waals surface area contributed by atoms with Crippen LogP contribution in [0.1, 0.15) is 5.56 Å². The van der Waals surface area contributed by atoms with Gasteiger partial charge in [-0.1, -0.05) is 0 Å². The number of hydrogen-bond acceptors (Lipinski definition) is 4. The molecule has 2 rings (SSSR count). The summed E-state index contributed by atoms with van der Waals surface area (Å²) < 4.78 is 5.29. The predicted octanol–water partition coefficient (Wildman–Crippen LogP) is 0.295. The Labute approximate surface area is 113 Å². The first-order valence-electron chi connectivity index (χ1n) is 6.41. The zero-order chi connectivity index (χ0) is 13.7. The molecule has 0 bridgehead atoms. The number of anilines is 1. The van der Waals surface area contributed by atoms with E-state index in [2.05, 4.69) is 14.9 Å². The highest BCUT2D eigenvalue weighted by molar-refractivity contribution is 5.78. The van der Waals surface area contributed by atoms with E-state index < -0.39 is 0 Å². The van der Waals surface area contributed by atoms with Gasteiger partial charge in [-0.2, -0.15) is 0 Å². The van der Waals surface area contributed by atoms with Gasteiger partial charge in [-0.3, -0.25) is 0 Å². The molecule has 1 aromatic heterocycles. The molecule has 1 saturated heterocycles. The Morgan fingerprint density at radius 2 is 2.21 bits per heavy atom. The Balaban J connectivity index is 1.98. The fourth-order valence-corrected chi connectivity index (χ4v) is 1.87. The minimum atomic E-state index is 0.576. The van der Waals surface area contributed by atoms with Gasteiger partial charge in [-0.05, 0) is 17.7 Å². The van der Waals surface area contributed by atoms with Crippen LogP contribution in [0.2, 0.25) is 0 Å². The topological polar surface area (TPSA) is 67.0 Å². The van der Waals surface area contributed by atoms with Crippen LogP contribution >= 0.6 is 0 Å². The fraction of sp³-hybridized carbons (Fsp3) is 0.538. The van der Waals surface area contributed by atoms with Crippen LogP contribution in [0, 0.1) is 0 Å². The molecule has 104 valence electrons. The lowest BCUT2D eigenvalue weighted by atomic mass is 10.2. The maximum atomic E-state index is 5.99. The highest BCUT2D eigenvalue weighted by Crippen LogP contribution is 2.10. The SMILES string of the molecule is CN(C)c1cc(CN=C(N)N2CCOCC2)ccn1. The maximum Gasteiger partial charge on any atom is 0.191 e. The van der Waals surface area contributed by atoms with Crippen molar-refractivity contribution in [2.45, 2.75) is 6.54 Å². The van der Waals surface area contributed by atoms with Crippen molar-refractivity contribution >= 4 is 11.8 Å². The van der Waals surface area contributed by atoms with Crippen LogP contribution in [0.4, 0.5) is 5.82 Å². The van der Waals surface area contributed by atoms with Crippen molar-refractivity contribution in [3.05, 3.63) is 23.9 Å². The molecule has 1 aliphatic rings. The van der Waals surface area contributed by atoms with Gasteiger partial charge in [0, 0.05) is 33.4 Å². The second-order valence-electron chi connectivity index (χ2n) is 4.69. The first kappa shape index (κ1) is 13.6. The van der Waals surface area contributed by atoms with Gasteiger partial charge in [-0.25, -0.2) is 9.98 Å². The summed E-state index contributed by atoms with van der Waals surface area (Å²) in [7, 11) is 3.94. The van der Waals surface area contributed by atoms with Crippen LogP contribution < -0.4 is 10.6 Å². The quantitative estimate of drug-likeness (QED) is 0.627. The van der Waals surface area contributed by atoms with Gasteiger partial charge in [0.05, 0.1) is 19.8 Å². The molecule has 19 heavy (non-hydrogen) atoms. The largest absolute Gasteiger partial charge is 0.378 e. The highest BCUT2D eigenvalue weighted by atomic mass is 16.5. The molecule has 0 aromatic carbocycles. The van der Waals surface area contributed by atoms with Gasteiger partial charge in [0.2, 0.25) is 0 Å². The van der Waals surface area contributed by atoms with E-state index >= 15 is 0 Å². The number of aliphatic imine (C=N–C) groups is 1. The second-order valence-corrected chi connectivity index (χ2v) is 4.69. The van der Waals surface area contributed by atoms with Crippen molar-refractivity contribution in [1.29, 1.82) is 0 Å². The lowest BCUT2D eigenvalue weighted by Crippen LogP contribution is -2.44. The molecule has 0 saturated carbocycles. The third-order valence-corrected chi connectivity index (χ3v) is 3.03. The predicted molar refractivity (Wildman–Crippen MR) is 76.3 cm³/mol. The molecule has 1 aromatic rings. The molecule has 0 atom stereocenters. The lowest BCUT2D eigenvalue weighted by Gasteiger charge is -2.27. The standard InChI is InChI=1S/C13H21N5O/c1-17(2)12-9-11(3-4-15-12)10-16-13(14)18-5-7-19-8-6-18/h3-4,9H,5-8,10H2,1-2H3,(H2,14,16). The number of nitrogens with zero attached hydrogens (tertiary/aromatic N) is 4.